The molecule has 112 valence electrons. The molecule has 0 heterocycles. The molecule has 0 fully saturated rings. The Kier molecular flexibility index (Phi) is 4.94. The molecule has 1 aromatic carbocycles. The number of benzene rings is 1. The topological polar surface area (TPSA) is 83.5 Å². The maximum atomic E-state index is 12.1. The zero-order valence-electron chi connectivity index (χ0n) is 12.2. The van der Waals surface area contributed by atoms with Gasteiger partial charge in [0.2, 0.25) is 10.0 Å². The minimum atomic E-state index is -3.81. The molecule has 2 N–H and O–H groups in total. The number of aliphatic carboxylic acids is 1. The summed E-state index contributed by atoms with van der Waals surface area (Å²) in [6, 6.07) is 5.38. The molecule has 0 aromatic heterocycles. The van der Waals surface area contributed by atoms with Gasteiger partial charge in [-0.15, -0.1) is 0 Å². The van der Waals surface area contributed by atoms with Crippen LogP contribution in [0.25, 0.3) is 0 Å². The number of rotatable bonds is 5. The number of carbonyl (C=O) groups is 1. The Labute approximate surface area is 120 Å². The lowest BCUT2D eigenvalue weighted by Crippen LogP contribution is -2.40. The highest BCUT2D eigenvalue weighted by atomic mass is 32.2. The molecule has 0 radical (unpaired) electrons. The van der Waals surface area contributed by atoms with Gasteiger partial charge in [0.05, 0.1) is 4.90 Å². The van der Waals surface area contributed by atoms with Crippen molar-refractivity contribution < 1.29 is 18.3 Å². The molecule has 5 nitrogen and oxygen atoms in total. The van der Waals surface area contributed by atoms with E-state index in [0.717, 1.165) is 5.56 Å². The van der Waals surface area contributed by atoms with Crippen molar-refractivity contribution >= 4 is 16.0 Å². The van der Waals surface area contributed by atoms with E-state index in [0.29, 0.717) is 0 Å². The number of sulfonamides is 1. The highest BCUT2D eigenvalue weighted by Gasteiger charge is 2.24. The number of hydrogen-bond acceptors (Lipinski definition) is 3. The lowest BCUT2D eigenvalue weighted by molar-refractivity contribution is -0.139. The molecule has 20 heavy (non-hydrogen) atoms. The normalized spacial score (nSPS) is 14.0. The molecular weight excluding hydrogens is 278 g/mol. The summed E-state index contributed by atoms with van der Waals surface area (Å²) >= 11 is 0. The Balaban J connectivity index is 3.02. The Morgan fingerprint density at radius 2 is 1.75 bits per heavy atom. The summed E-state index contributed by atoms with van der Waals surface area (Å²) in [5.74, 6) is -1.18. The summed E-state index contributed by atoms with van der Waals surface area (Å²) in [5, 5.41) is 8.91. The van der Waals surface area contributed by atoms with Crippen LogP contribution in [0.15, 0.2) is 29.2 Å². The van der Waals surface area contributed by atoms with Crippen LogP contribution in [-0.2, 0) is 20.2 Å². The van der Waals surface area contributed by atoms with Crippen LogP contribution in [0.5, 0.6) is 0 Å². The molecule has 0 amide bonds. The fourth-order valence-corrected chi connectivity index (χ4v) is 2.97. The van der Waals surface area contributed by atoms with Crippen LogP contribution in [0.3, 0.4) is 0 Å². The van der Waals surface area contributed by atoms with Crippen LogP contribution >= 0.6 is 0 Å². The van der Waals surface area contributed by atoms with Crippen LogP contribution in [0.1, 0.15) is 39.7 Å². The SMILES string of the molecule is CCC(NS(=O)(=O)c1ccc(C(C)(C)C)cc1)C(=O)O. The van der Waals surface area contributed by atoms with Gasteiger partial charge in [-0.05, 0) is 29.5 Å². The van der Waals surface area contributed by atoms with Crippen molar-refractivity contribution in [3.63, 3.8) is 0 Å². The first-order valence-corrected chi connectivity index (χ1v) is 7.92. The van der Waals surface area contributed by atoms with Gasteiger partial charge < -0.3 is 5.11 Å². The van der Waals surface area contributed by atoms with Crippen molar-refractivity contribution in [2.24, 2.45) is 0 Å². The molecule has 0 saturated heterocycles. The Hall–Kier alpha value is -1.40. The van der Waals surface area contributed by atoms with Gasteiger partial charge in [0.15, 0.2) is 0 Å². The molecule has 0 bridgehead atoms. The zero-order valence-corrected chi connectivity index (χ0v) is 13.0. The van der Waals surface area contributed by atoms with Gasteiger partial charge in [-0.1, -0.05) is 39.8 Å². The van der Waals surface area contributed by atoms with Crippen molar-refractivity contribution in [2.75, 3.05) is 0 Å². The lowest BCUT2D eigenvalue weighted by atomic mass is 9.87. The van der Waals surface area contributed by atoms with E-state index in [4.69, 9.17) is 5.11 Å². The predicted molar refractivity (Wildman–Crippen MR) is 77.2 cm³/mol. The van der Waals surface area contributed by atoms with E-state index in [1.165, 1.54) is 12.1 Å². The fourth-order valence-electron chi connectivity index (χ4n) is 1.70. The molecular formula is C14H21NO4S. The van der Waals surface area contributed by atoms with E-state index in [-0.39, 0.29) is 16.7 Å². The molecule has 1 atom stereocenters. The Morgan fingerprint density at radius 3 is 2.10 bits per heavy atom. The average Bonchev–Trinajstić information content (AvgIpc) is 2.35. The molecule has 1 unspecified atom stereocenters. The zero-order chi connectivity index (χ0) is 15.6. The smallest absolute Gasteiger partial charge is 0.321 e. The summed E-state index contributed by atoms with van der Waals surface area (Å²) in [6.07, 6.45) is 0.189. The van der Waals surface area contributed by atoms with Gasteiger partial charge in [-0.2, -0.15) is 4.72 Å². The minimum Gasteiger partial charge on any atom is -0.480 e. The van der Waals surface area contributed by atoms with E-state index < -0.39 is 22.0 Å². The van der Waals surface area contributed by atoms with Gasteiger partial charge in [0.25, 0.3) is 0 Å². The number of carboxylic acid groups (broad SMARTS) is 1. The van der Waals surface area contributed by atoms with Gasteiger partial charge in [0, 0.05) is 0 Å². The fraction of sp³-hybridized carbons (Fsp3) is 0.500. The summed E-state index contributed by atoms with van der Waals surface area (Å²) in [6.45, 7) is 7.72. The molecule has 0 aliphatic rings. The number of carboxylic acids is 1. The molecule has 0 aliphatic heterocycles. The van der Waals surface area contributed by atoms with Crippen LogP contribution in [0.2, 0.25) is 0 Å². The van der Waals surface area contributed by atoms with Crippen molar-refractivity contribution in [3.8, 4) is 0 Å². The predicted octanol–water partition coefficient (Wildman–Crippen LogP) is 2.13. The van der Waals surface area contributed by atoms with Crippen molar-refractivity contribution in [3.05, 3.63) is 29.8 Å². The monoisotopic (exact) mass is 299 g/mol. The molecule has 1 rings (SSSR count). The maximum absolute atomic E-state index is 12.1. The number of nitrogens with one attached hydrogen (secondary N) is 1. The minimum absolute atomic E-state index is 0.0667. The van der Waals surface area contributed by atoms with Gasteiger partial charge >= 0.3 is 5.97 Å². The van der Waals surface area contributed by atoms with Crippen LogP contribution in [0.4, 0.5) is 0 Å². The van der Waals surface area contributed by atoms with Crippen LogP contribution in [-0.4, -0.2) is 25.5 Å². The van der Waals surface area contributed by atoms with Crippen molar-refractivity contribution in [1.82, 2.24) is 4.72 Å². The third kappa shape index (κ3) is 4.05. The summed E-state index contributed by atoms with van der Waals surface area (Å²) in [4.78, 5) is 11.0. The largest absolute Gasteiger partial charge is 0.480 e. The first kappa shape index (κ1) is 16.7. The highest BCUT2D eigenvalue weighted by Crippen LogP contribution is 2.23. The van der Waals surface area contributed by atoms with E-state index in [1.54, 1.807) is 19.1 Å². The van der Waals surface area contributed by atoms with Crippen LogP contribution < -0.4 is 4.72 Å². The van der Waals surface area contributed by atoms with Crippen LogP contribution in [0, 0.1) is 0 Å². The van der Waals surface area contributed by atoms with Gasteiger partial charge in [-0.25, -0.2) is 8.42 Å². The Bertz CT molecular complexity index is 570. The Morgan fingerprint density at radius 1 is 1.25 bits per heavy atom. The molecule has 0 aliphatic carbocycles. The third-order valence-corrected chi connectivity index (χ3v) is 4.52. The second kappa shape index (κ2) is 5.93. The molecule has 1 aromatic rings. The molecule has 0 saturated carbocycles. The second-order valence-electron chi connectivity index (χ2n) is 5.69. The van der Waals surface area contributed by atoms with Gasteiger partial charge in [0.1, 0.15) is 6.04 Å². The molecule has 6 heteroatoms. The summed E-state index contributed by atoms with van der Waals surface area (Å²) in [7, 11) is -3.81. The quantitative estimate of drug-likeness (QED) is 0.872. The standard InChI is InChI=1S/C14H21NO4S/c1-5-12(13(16)17)15-20(18,19)11-8-6-10(7-9-11)14(2,3)4/h6-9,12,15H,5H2,1-4H3,(H,16,17). The first-order chi connectivity index (χ1) is 9.08. The summed E-state index contributed by atoms with van der Waals surface area (Å²) in [5.41, 5.74) is 0.949. The lowest BCUT2D eigenvalue weighted by Gasteiger charge is -2.19. The highest BCUT2D eigenvalue weighted by molar-refractivity contribution is 7.89. The maximum Gasteiger partial charge on any atom is 0.321 e. The number of hydrogen-bond donors (Lipinski definition) is 2. The van der Waals surface area contributed by atoms with E-state index in [1.807, 2.05) is 20.8 Å². The second-order valence-corrected chi connectivity index (χ2v) is 7.41. The van der Waals surface area contributed by atoms with Gasteiger partial charge in [-0.3, -0.25) is 4.79 Å². The first-order valence-electron chi connectivity index (χ1n) is 6.43. The van der Waals surface area contributed by atoms with E-state index in [9.17, 15) is 13.2 Å². The van der Waals surface area contributed by atoms with E-state index in [2.05, 4.69) is 4.72 Å². The average molecular weight is 299 g/mol. The third-order valence-electron chi connectivity index (χ3n) is 3.03. The molecule has 0 spiro atoms. The van der Waals surface area contributed by atoms with Crippen molar-refractivity contribution in [2.45, 2.75) is 50.5 Å². The summed E-state index contributed by atoms with van der Waals surface area (Å²) < 4.78 is 26.4. The van der Waals surface area contributed by atoms with Crippen molar-refractivity contribution in [1.29, 1.82) is 0 Å². The van der Waals surface area contributed by atoms with E-state index >= 15 is 0 Å².